The van der Waals surface area contributed by atoms with Crippen LogP contribution in [0.15, 0.2) is 24.3 Å². The largest absolute Gasteiger partial charge is 0.550 e. The van der Waals surface area contributed by atoms with E-state index in [4.69, 9.17) is 0 Å². The zero-order valence-corrected chi connectivity index (χ0v) is 8.53. The van der Waals surface area contributed by atoms with Gasteiger partial charge in [-0.3, -0.25) is 4.79 Å². The van der Waals surface area contributed by atoms with E-state index in [9.17, 15) is 19.1 Å². The average Bonchev–Trinajstić information content (AvgIpc) is 2.16. The molecule has 0 bridgehead atoms. The summed E-state index contributed by atoms with van der Waals surface area (Å²) in [7, 11) is 0. The molecular weight excluding hydrogens is 213 g/mol. The lowest BCUT2D eigenvalue weighted by Gasteiger charge is -2.05. The second-order valence-corrected chi connectivity index (χ2v) is 3.28. The van der Waals surface area contributed by atoms with Gasteiger partial charge < -0.3 is 15.2 Å². The van der Waals surface area contributed by atoms with Crippen LogP contribution in [0.3, 0.4) is 0 Å². The van der Waals surface area contributed by atoms with Crippen LogP contribution < -0.4 is 10.4 Å². The Morgan fingerprint density at radius 1 is 1.31 bits per heavy atom. The maximum atomic E-state index is 12.7. The van der Waals surface area contributed by atoms with Gasteiger partial charge in [0.05, 0.1) is 0 Å². The lowest BCUT2D eigenvalue weighted by atomic mass is 10.2. The number of rotatable bonds is 5. The molecule has 0 spiro atoms. The summed E-state index contributed by atoms with van der Waals surface area (Å²) in [5.74, 6) is -1.96. The van der Waals surface area contributed by atoms with Crippen molar-refractivity contribution >= 4 is 17.6 Å². The summed E-state index contributed by atoms with van der Waals surface area (Å²) >= 11 is 0. The van der Waals surface area contributed by atoms with Gasteiger partial charge in [0, 0.05) is 18.1 Å². The Bertz CT molecular complexity index is 393. The Morgan fingerprint density at radius 2 is 2.06 bits per heavy atom. The number of benzene rings is 1. The van der Waals surface area contributed by atoms with Gasteiger partial charge in [-0.2, -0.15) is 0 Å². The highest BCUT2D eigenvalue weighted by atomic mass is 19.1. The number of carboxylic acid groups (broad SMARTS) is 1. The van der Waals surface area contributed by atoms with Crippen molar-refractivity contribution in [3.05, 3.63) is 30.1 Å². The van der Waals surface area contributed by atoms with E-state index in [1.807, 2.05) is 0 Å². The van der Waals surface area contributed by atoms with E-state index in [2.05, 4.69) is 5.32 Å². The van der Waals surface area contributed by atoms with Crippen molar-refractivity contribution in [3.8, 4) is 0 Å². The van der Waals surface area contributed by atoms with Gasteiger partial charge in [-0.05, 0) is 31.0 Å². The van der Waals surface area contributed by atoms with Crippen LogP contribution in [0.25, 0.3) is 0 Å². The quantitative estimate of drug-likeness (QED) is 0.799. The fourth-order valence-corrected chi connectivity index (χ4v) is 1.18. The Kier molecular flexibility index (Phi) is 4.44. The van der Waals surface area contributed by atoms with E-state index >= 15 is 0 Å². The van der Waals surface area contributed by atoms with Gasteiger partial charge in [-0.1, -0.05) is 6.07 Å². The van der Waals surface area contributed by atoms with Crippen LogP contribution in [0.2, 0.25) is 0 Å². The Hall–Kier alpha value is -1.91. The van der Waals surface area contributed by atoms with E-state index in [1.165, 1.54) is 18.2 Å². The molecule has 16 heavy (non-hydrogen) atoms. The maximum absolute atomic E-state index is 12.7. The fourth-order valence-electron chi connectivity index (χ4n) is 1.18. The molecule has 1 amide bonds. The normalized spacial score (nSPS) is 9.81. The fraction of sp³-hybridized carbons (Fsp3) is 0.273. The summed E-state index contributed by atoms with van der Waals surface area (Å²) in [5, 5.41) is 12.6. The zero-order chi connectivity index (χ0) is 12.0. The molecule has 86 valence electrons. The van der Waals surface area contributed by atoms with Crippen LogP contribution in [0.1, 0.15) is 19.3 Å². The van der Waals surface area contributed by atoms with Gasteiger partial charge in [0.25, 0.3) is 0 Å². The molecule has 4 nitrogen and oxygen atoms in total. The molecule has 0 saturated heterocycles. The van der Waals surface area contributed by atoms with E-state index in [1.54, 1.807) is 6.07 Å². The number of nitrogens with one attached hydrogen (secondary N) is 1. The van der Waals surface area contributed by atoms with Crippen molar-refractivity contribution in [1.29, 1.82) is 0 Å². The predicted molar refractivity (Wildman–Crippen MR) is 53.9 cm³/mol. The second kappa shape index (κ2) is 5.85. The monoisotopic (exact) mass is 224 g/mol. The van der Waals surface area contributed by atoms with Crippen molar-refractivity contribution in [3.63, 3.8) is 0 Å². The molecule has 0 radical (unpaired) electrons. The summed E-state index contributed by atoms with van der Waals surface area (Å²) in [6.07, 6.45) is 0.130. The van der Waals surface area contributed by atoms with E-state index < -0.39 is 11.8 Å². The van der Waals surface area contributed by atoms with Gasteiger partial charge in [-0.25, -0.2) is 4.39 Å². The number of carboxylic acids is 1. The molecule has 0 atom stereocenters. The number of anilines is 1. The minimum atomic E-state index is -1.18. The lowest BCUT2D eigenvalue weighted by Crippen LogP contribution is -2.22. The third kappa shape index (κ3) is 4.54. The van der Waals surface area contributed by atoms with Gasteiger partial charge in [-0.15, -0.1) is 0 Å². The van der Waals surface area contributed by atoms with Gasteiger partial charge >= 0.3 is 0 Å². The van der Waals surface area contributed by atoms with Crippen molar-refractivity contribution in [2.24, 2.45) is 0 Å². The topological polar surface area (TPSA) is 69.2 Å². The van der Waals surface area contributed by atoms with Crippen molar-refractivity contribution in [2.45, 2.75) is 19.3 Å². The zero-order valence-electron chi connectivity index (χ0n) is 8.53. The maximum Gasteiger partial charge on any atom is 0.224 e. The van der Waals surface area contributed by atoms with Crippen LogP contribution in [-0.4, -0.2) is 11.9 Å². The van der Waals surface area contributed by atoms with Crippen LogP contribution in [0.5, 0.6) is 0 Å². The molecule has 0 aliphatic carbocycles. The molecule has 0 aliphatic heterocycles. The number of carbonyl (C=O) groups is 2. The van der Waals surface area contributed by atoms with Gasteiger partial charge in [0.15, 0.2) is 0 Å². The summed E-state index contributed by atoms with van der Waals surface area (Å²) < 4.78 is 12.7. The molecule has 0 heterocycles. The third-order valence-electron chi connectivity index (χ3n) is 1.89. The summed E-state index contributed by atoms with van der Waals surface area (Å²) in [6, 6.07) is 5.49. The molecule has 0 aliphatic rings. The molecule has 1 aromatic carbocycles. The van der Waals surface area contributed by atoms with Crippen molar-refractivity contribution in [1.82, 2.24) is 0 Å². The minimum Gasteiger partial charge on any atom is -0.550 e. The third-order valence-corrected chi connectivity index (χ3v) is 1.89. The van der Waals surface area contributed by atoms with Crippen molar-refractivity contribution < 1.29 is 19.1 Å². The summed E-state index contributed by atoms with van der Waals surface area (Å²) in [6.45, 7) is 0. The highest BCUT2D eigenvalue weighted by Gasteiger charge is 2.02. The number of hydrogen-bond acceptors (Lipinski definition) is 3. The van der Waals surface area contributed by atoms with Crippen LogP contribution >= 0.6 is 0 Å². The van der Waals surface area contributed by atoms with E-state index in [0.717, 1.165) is 0 Å². The molecule has 0 aromatic heterocycles. The predicted octanol–water partition coefficient (Wildman–Crippen LogP) is 0.684. The van der Waals surface area contributed by atoms with Gasteiger partial charge in [0.1, 0.15) is 5.82 Å². The number of halogens is 1. The Morgan fingerprint density at radius 3 is 2.69 bits per heavy atom. The smallest absolute Gasteiger partial charge is 0.224 e. The second-order valence-electron chi connectivity index (χ2n) is 3.28. The first kappa shape index (κ1) is 12.2. The molecular formula is C11H11FNO3-. The molecule has 0 fully saturated rings. The Labute approximate surface area is 92.1 Å². The molecule has 0 unspecified atom stereocenters. The standard InChI is InChI=1S/C11H12FNO3/c12-8-3-1-4-9(7-8)13-10(14)5-2-6-11(15)16/h1,3-4,7H,2,5-6H2,(H,13,14)(H,15,16)/p-1. The molecule has 1 aromatic rings. The molecule has 0 saturated carbocycles. The average molecular weight is 224 g/mol. The van der Waals surface area contributed by atoms with E-state index in [-0.39, 0.29) is 25.2 Å². The van der Waals surface area contributed by atoms with Crippen LogP contribution in [0, 0.1) is 5.82 Å². The van der Waals surface area contributed by atoms with Gasteiger partial charge in [0.2, 0.25) is 5.91 Å². The van der Waals surface area contributed by atoms with Crippen LogP contribution in [-0.2, 0) is 9.59 Å². The number of aliphatic carboxylic acids is 1. The first-order valence-corrected chi connectivity index (χ1v) is 4.83. The van der Waals surface area contributed by atoms with Crippen molar-refractivity contribution in [2.75, 3.05) is 5.32 Å². The molecule has 1 rings (SSSR count). The number of amides is 1. The highest BCUT2D eigenvalue weighted by molar-refractivity contribution is 5.90. The summed E-state index contributed by atoms with van der Waals surface area (Å²) in [4.78, 5) is 21.3. The number of carbonyl (C=O) groups excluding carboxylic acids is 2. The lowest BCUT2D eigenvalue weighted by molar-refractivity contribution is -0.305. The Balaban J connectivity index is 2.37. The first-order chi connectivity index (χ1) is 7.58. The molecule has 5 heteroatoms. The summed E-state index contributed by atoms with van der Waals surface area (Å²) in [5.41, 5.74) is 0.360. The van der Waals surface area contributed by atoms with E-state index in [0.29, 0.717) is 5.69 Å². The SMILES string of the molecule is O=C([O-])CCCC(=O)Nc1cccc(F)c1. The number of hydrogen-bond donors (Lipinski definition) is 1. The minimum absolute atomic E-state index is 0.0739. The molecule has 1 N–H and O–H groups in total. The first-order valence-electron chi connectivity index (χ1n) is 4.83. The highest BCUT2D eigenvalue weighted by Crippen LogP contribution is 2.09. The van der Waals surface area contributed by atoms with Crippen LogP contribution in [0.4, 0.5) is 10.1 Å².